The average molecular weight is 562 g/mol. The zero-order valence-electron chi connectivity index (χ0n) is 25.6. The van der Waals surface area contributed by atoms with Gasteiger partial charge in [0.25, 0.3) is 0 Å². The number of hydrogen-bond acceptors (Lipinski definition) is 4. The molecule has 4 aromatic rings. The molecule has 42 heavy (non-hydrogen) atoms. The Hall–Kier alpha value is -3.99. The molecule has 0 amide bonds. The Bertz CT molecular complexity index is 1760. The maximum absolute atomic E-state index is 6.39. The molecule has 0 radical (unpaired) electrons. The standard InChI is InChI=1S/C37H43N3O2/c1-6-38-37-39-34-12-8-28(21-35(34)40-37)27-9-13-36-30(20-27)18-24(4)26(14-15-42-36)19-29-17-23(3)16-25(5)33-22-31(41-7-2)10-11-32(29)33/h8-13,17,20-22,24,26H,6-7,14-16,18-19H2,1-5H3,(H2,38,39,40). The predicted octanol–water partition coefficient (Wildman–Crippen LogP) is 7.40. The fourth-order valence-corrected chi connectivity index (χ4v) is 6.73. The summed E-state index contributed by atoms with van der Waals surface area (Å²) < 4.78 is 12.3. The molecule has 2 atom stereocenters. The molecule has 5 nitrogen and oxygen atoms in total. The number of ether oxygens (including phenoxy) is 2. The summed E-state index contributed by atoms with van der Waals surface area (Å²) in [5, 5.41) is 5.97. The Morgan fingerprint density at radius 2 is 1.83 bits per heavy atom. The summed E-state index contributed by atoms with van der Waals surface area (Å²) >= 11 is 0. The topological polar surface area (TPSA) is 59.2 Å². The molecule has 3 aromatic carbocycles. The van der Waals surface area contributed by atoms with Crippen molar-refractivity contribution in [3.63, 3.8) is 0 Å². The molecule has 1 aromatic heterocycles. The Kier molecular flexibility index (Phi) is 8.10. The van der Waals surface area contributed by atoms with Crippen LogP contribution in [0.25, 0.3) is 33.3 Å². The van der Waals surface area contributed by atoms with E-state index in [4.69, 9.17) is 9.47 Å². The second-order valence-electron chi connectivity index (χ2n) is 12.1. The first-order valence-corrected chi connectivity index (χ1v) is 15.5. The van der Waals surface area contributed by atoms with Gasteiger partial charge in [0.05, 0.1) is 24.2 Å². The molecule has 2 N–H and O–H groups in total. The summed E-state index contributed by atoms with van der Waals surface area (Å²) in [6.45, 7) is 13.3. The summed E-state index contributed by atoms with van der Waals surface area (Å²) in [6, 6.07) is 19.8. The lowest BCUT2D eigenvalue weighted by molar-refractivity contribution is 0.225. The number of rotatable bonds is 7. The van der Waals surface area contributed by atoms with Gasteiger partial charge in [-0.3, -0.25) is 0 Å². The van der Waals surface area contributed by atoms with Crippen LogP contribution in [0.5, 0.6) is 11.5 Å². The van der Waals surface area contributed by atoms with Gasteiger partial charge in [-0.15, -0.1) is 0 Å². The lowest BCUT2D eigenvalue weighted by Gasteiger charge is -2.29. The van der Waals surface area contributed by atoms with Gasteiger partial charge in [-0.25, -0.2) is 4.98 Å². The number of nitrogens with zero attached hydrogens (tertiary/aromatic N) is 1. The third kappa shape index (κ3) is 5.83. The number of allylic oxidation sites excluding steroid dienone is 2. The highest BCUT2D eigenvalue weighted by molar-refractivity contribution is 5.83. The molecule has 2 aliphatic rings. The molecule has 2 heterocycles. The molecule has 0 bridgehead atoms. The lowest BCUT2D eigenvalue weighted by atomic mass is 9.80. The highest BCUT2D eigenvalue weighted by Gasteiger charge is 2.24. The van der Waals surface area contributed by atoms with Gasteiger partial charge in [0.15, 0.2) is 0 Å². The zero-order valence-corrected chi connectivity index (χ0v) is 25.6. The van der Waals surface area contributed by atoms with Crippen LogP contribution in [-0.2, 0) is 6.42 Å². The second-order valence-corrected chi connectivity index (χ2v) is 12.1. The summed E-state index contributed by atoms with van der Waals surface area (Å²) in [6.07, 6.45) is 6.56. The minimum atomic E-state index is 0.529. The van der Waals surface area contributed by atoms with E-state index in [2.05, 4.69) is 104 Å². The van der Waals surface area contributed by atoms with Crippen molar-refractivity contribution in [2.45, 2.75) is 60.3 Å². The van der Waals surface area contributed by atoms with Crippen LogP contribution in [-0.4, -0.2) is 29.7 Å². The van der Waals surface area contributed by atoms with Gasteiger partial charge in [0.1, 0.15) is 11.5 Å². The zero-order chi connectivity index (χ0) is 29.2. The molecule has 0 saturated heterocycles. The molecule has 0 fully saturated rings. The fourth-order valence-electron chi connectivity index (χ4n) is 6.73. The third-order valence-electron chi connectivity index (χ3n) is 8.87. The van der Waals surface area contributed by atoms with E-state index < -0.39 is 0 Å². The maximum atomic E-state index is 6.39. The molecule has 0 spiro atoms. The van der Waals surface area contributed by atoms with Crippen LogP contribution in [0.4, 0.5) is 5.95 Å². The molecule has 1 aliphatic heterocycles. The Labute approximate surface area is 249 Å². The van der Waals surface area contributed by atoms with Crippen LogP contribution in [0, 0.1) is 11.8 Å². The average Bonchev–Trinajstić information content (AvgIpc) is 3.33. The molecule has 5 heteroatoms. The van der Waals surface area contributed by atoms with E-state index >= 15 is 0 Å². The van der Waals surface area contributed by atoms with E-state index in [1.807, 2.05) is 6.92 Å². The SMILES string of the molecule is CCNc1nc2ccc(-c3ccc4c(c3)CC(C)C(CC3=c5ccc(OCC)cc5=C(C)CC(C)=C3)CCO4)cc2[nH]1. The first kappa shape index (κ1) is 28.1. The third-order valence-corrected chi connectivity index (χ3v) is 8.87. The number of anilines is 1. The summed E-state index contributed by atoms with van der Waals surface area (Å²) in [7, 11) is 0. The minimum Gasteiger partial charge on any atom is -0.494 e. The van der Waals surface area contributed by atoms with Crippen LogP contribution < -0.4 is 25.2 Å². The number of fused-ring (bicyclic) bond motifs is 3. The Morgan fingerprint density at radius 3 is 2.67 bits per heavy atom. The van der Waals surface area contributed by atoms with E-state index in [9.17, 15) is 0 Å². The molecular formula is C37H43N3O2. The van der Waals surface area contributed by atoms with Crippen molar-refractivity contribution >= 4 is 28.1 Å². The van der Waals surface area contributed by atoms with E-state index in [0.717, 1.165) is 67.3 Å². The first-order chi connectivity index (χ1) is 20.4. The van der Waals surface area contributed by atoms with E-state index in [1.165, 1.54) is 43.8 Å². The van der Waals surface area contributed by atoms with E-state index in [0.29, 0.717) is 18.4 Å². The summed E-state index contributed by atoms with van der Waals surface area (Å²) in [5.74, 6) is 3.86. The summed E-state index contributed by atoms with van der Waals surface area (Å²) in [4.78, 5) is 8.04. The van der Waals surface area contributed by atoms with Gasteiger partial charge >= 0.3 is 0 Å². The molecular weight excluding hydrogens is 518 g/mol. The van der Waals surface area contributed by atoms with Crippen molar-refractivity contribution in [2.24, 2.45) is 11.8 Å². The number of imidazole rings is 1. The monoisotopic (exact) mass is 561 g/mol. The van der Waals surface area contributed by atoms with Crippen molar-refractivity contribution in [2.75, 3.05) is 25.1 Å². The van der Waals surface area contributed by atoms with Crippen molar-refractivity contribution in [3.8, 4) is 22.6 Å². The van der Waals surface area contributed by atoms with Crippen LogP contribution >= 0.6 is 0 Å². The van der Waals surface area contributed by atoms with Gasteiger partial charge in [0, 0.05) is 6.54 Å². The predicted molar refractivity (Wildman–Crippen MR) is 175 cm³/mol. The Balaban J connectivity index is 1.29. The van der Waals surface area contributed by atoms with E-state index in [-0.39, 0.29) is 0 Å². The number of aromatic nitrogens is 2. The van der Waals surface area contributed by atoms with Crippen LogP contribution in [0.1, 0.15) is 59.4 Å². The van der Waals surface area contributed by atoms with Crippen LogP contribution in [0.3, 0.4) is 0 Å². The molecule has 0 saturated carbocycles. The molecule has 2 unspecified atom stereocenters. The maximum Gasteiger partial charge on any atom is 0.201 e. The number of nitrogens with one attached hydrogen (secondary N) is 2. The molecule has 1 aliphatic carbocycles. The normalized spacial score (nSPS) is 18.7. The van der Waals surface area contributed by atoms with Crippen molar-refractivity contribution < 1.29 is 9.47 Å². The first-order valence-electron chi connectivity index (χ1n) is 15.5. The fraction of sp³-hybridized carbons (Fsp3) is 0.378. The number of aromatic amines is 1. The number of benzene rings is 3. The Morgan fingerprint density at radius 1 is 1.00 bits per heavy atom. The number of hydrogen-bond donors (Lipinski definition) is 2. The van der Waals surface area contributed by atoms with Crippen molar-refractivity contribution in [1.29, 1.82) is 0 Å². The highest BCUT2D eigenvalue weighted by atomic mass is 16.5. The summed E-state index contributed by atoms with van der Waals surface area (Å²) in [5.41, 5.74) is 10.0. The van der Waals surface area contributed by atoms with Crippen LogP contribution in [0.15, 0.2) is 66.2 Å². The molecule has 6 rings (SSSR count). The largest absolute Gasteiger partial charge is 0.494 e. The highest BCUT2D eigenvalue weighted by Crippen LogP contribution is 2.36. The molecule has 218 valence electrons. The van der Waals surface area contributed by atoms with Crippen LogP contribution in [0.2, 0.25) is 0 Å². The number of H-pyrrole nitrogens is 1. The van der Waals surface area contributed by atoms with Gasteiger partial charge in [-0.05, 0) is 134 Å². The van der Waals surface area contributed by atoms with E-state index in [1.54, 1.807) is 0 Å². The second kappa shape index (κ2) is 12.1. The minimum absolute atomic E-state index is 0.529. The van der Waals surface area contributed by atoms with Gasteiger partial charge in [0.2, 0.25) is 5.95 Å². The van der Waals surface area contributed by atoms with Crippen molar-refractivity contribution in [1.82, 2.24) is 9.97 Å². The quantitative estimate of drug-likeness (QED) is 0.247. The van der Waals surface area contributed by atoms with Crippen molar-refractivity contribution in [3.05, 3.63) is 82.2 Å². The van der Waals surface area contributed by atoms with Gasteiger partial charge < -0.3 is 19.8 Å². The van der Waals surface area contributed by atoms with Gasteiger partial charge in [-0.1, -0.05) is 42.3 Å². The smallest absolute Gasteiger partial charge is 0.201 e. The lowest BCUT2D eigenvalue weighted by Crippen LogP contribution is -2.29. The van der Waals surface area contributed by atoms with Gasteiger partial charge in [-0.2, -0.15) is 0 Å².